The van der Waals surface area contributed by atoms with Gasteiger partial charge in [-0.2, -0.15) is 10.4 Å². The Morgan fingerprint density at radius 1 is 1.09 bits per heavy atom. The molecule has 0 saturated heterocycles. The summed E-state index contributed by atoms with van der Waals surface area (Å²) in [5.74, 6) is 0. The molecule has 3 aromatic rings. The number of para-hydroxylation sites is 1. The molecule has 0 bridgehead atoms. The molecular weight excluding hydrogens is 274 g/mol. The van der Waals surface area contributed by atoms with Crippen molar-refractivity contribution in [2.45, 2.75) is 6.42 Å². The van der Waals surface area contributed by atoms with Gasteiger partial charge in [0, 0.05) is 12.7 Å². The zero-order valence-corrected chi connectivity index (χ0v) is 12.0. The highest BCUT2D eigenvalue weighted by Gasteiger charge is 2.01. The van der Waals surface area contributed by atoms with Gasteiger partial charge in [-0.15, -0.1) is 0 Å². The van der Waals surface area contributed by atoms with E-state index in [1.807, 2.05) is 59.5 Å². The quantitative estimate of drug-likeness (QED) is 0.784. The highest BCUT2D eigenvalue weighted by molar-refractivity contribution is 5.42. The Balaban J connectivity index is 1.56. The molecule has 0 saturated carbocycles. The number of hydrogen-bond acceptors (Lipinski definition) is 4. The molecule has 22 heavy (non-hydrogen) atoms. The topological polar surface area (TPSA) is 66.5 Å². The minimum Gasteiger partial charge on any atom is -0.383 e. The molecule has 0 aliphatic heterocycles. The normalized spacial score (nSPS) is 10.1. The molecule has 3 rings (SSSR count). The Bertz CT molecular complexity index is 769. The lowest BCUT2D eigenvalue weighted by molar-refractivity contribution is 0.879. The first kappa shape index (κ1) is 13.8. The van der Waals surface area contributed by atoms with Crippen LogP contribution in [0.15, 0.2) is 61.1 Å². The van der Waals surface area contributed by atoms with E-state index in [9.17, 15) is 0 Å². The summed E-state index contributed by atoms with van der Waals surface area (Å²) in [6.07, 6.45) is 6.46. The minimum absolute atomic E-state index is 0.426. The Labute approximate surface area is 128 Å². The van der Waals surface area contributed by atoms with Crippen molar-refractivity contribution in [1.29, 1.82) is 5.26 Å². The third-order valence-electron chi connectivity index (χ3n) is 3.28. The molecule has 0 amide bonds. The molecule has 0 atom stereocenters. The fourth-order valence-electron chi connectivity index (χ4n) is 2.13. The van der Waals surface area contributed by atoms with Crippen molar-refractivity contribution in [1.82, 2.24) is 14.8 Å². The number of hydrogen-bond donors (Lipinski definition) is 1. The van der Waals surface area contributed by atoms with Gasteiger partial charge in [-0.1, -0.05) is 18.2 Å². The average molecular weight is 289 g/mol. The predicted molar refractivity (Wildman–Crippen MR) is 84.7 cm³/mol. The summed E-state index contributed by atoms with van der Waals surface area (Å²) in [4.78, 5) is 4.03. The molecule has 0 aliphatic carbocycles. The van der Waals surface area contributed by atoms with Gasteiger partial charge in [0.1, 0.15) is 11.8 Å². The lowest BCUT2D eigenvalue weighted by atomic mass is 10.2. The van der Waals surface area contributed by atoms with Crippen molar-refractivity contribution >= 4 is 5.69 Å². The number of nitriles is 1. The molecule has 1 aromatic carbocycles. The first-order valence-corrected chi connectivity index (χ1v) is 7.04. The van der Waals surface area contributed by atoms with Crippen LogP contribution in [0.5, 0.6) is 0 Å². The highest BCUT2D eigenvalue weighted by atomic mass is 15.3. The van der Waals surface area contributed by atoms with Gasteiger partial charge in [-0.25, -0.2) is 9.67 Å². The second-order valence-electron chi connectivity index (χ2n) is 4.85. The van der Waals surface area contributed by atoms with Crippen molar-refractivity contribution in [2.24, 2.45) is 0 Å². The van der Waals surface area contributed by atoms with Crippen LogP contribution in [0.4, 0.5) is 5.69 Å². The smallest absolute Gasteiger partial charge is 0.140 e. The van der Waals surface area contributed by atoms with E-state index in [4.69, 9.17) is 5.26 Å². The van der Waals surface area contributed by atoms with Gasteiger partial charge in [-0.05, 0) is 36.2 Å². The Morgan fingerprint density at radius 3 is 2.68 bits per heavy atom. The molecule has 5 nitrogen and oxygen atoms in total. The summed E-state index contributed by atoms with van der Waals surface area (Å²) in [5, 5.41) is 16.4. The maximum atomic E-state index is 8.71. The van der Waals surface area contributed by atoms with Crippen molar-refractivity contribution in [3.05, 3.63) is 72.3 Å². The van der Waals surface area contributed by atoms with Crippen molar-refractivity contribution in [2.75, 3.05) is 11.9 Å². The lowest BCUT2D eigenvalue weighted by Crippen LogP contribution is -2.04. The predicted octanol–water partition coefficient (Wildman–Crippen LogP) is 2.79. The second kappa shape index (κ2) is 6.55. The molecule has 2 heterocycles. The van der Waals surface area contributed by atoms with Crippen molar-refractivity contribution < 1.29 is 0 Å². The monoisotopic (exact) mass is 289 g/mol. The van der Waals surface area contributed by atoms with Crippen LogP contribution in [0.3, 0.4) is 0 Å². The largest absolute Gasteiger partial charge is 0.383 e. The Hall–Kier alpha value is -3.13. The summed E-state index contributed by atoms with van der Waals surface area (Å²) < 4.78 is 1.87. The van der Waals surface area contributed by atoms with Crippen LogP contribution >= 0.6 is 0 Å². The summed E-state index contributed by atoms with van der Waals surface area (Å²) in [6, 6.07) is 15.6. The van der Waals surface area contributed by atoms with E-state index in [1.54, 1.807) is 12.3 Å². The van der Waals surface area contributed by atoms with E-state index in [2.05, 4.69) is 15.4 Å². The molecular formula is C17H15N5. The molecule has 0 spiro atoms. The van der Waals surface area contributed by atoms with Crippen molar-refractivity contribution in [3.8, 4) is 11.8 Å². The molecule has 0 fully saturated rings. The summed E-state index contributed by atoms with van der Waals surface area (Å²) in [6.45, 7) is 0.786. The molecule has 0 aliphatic rings. The SMILES string of the molecule is N#Cc1ccc(NCCc2cnn(-c3ccccc3)c2)cn1. The van der Waals surface area contributed by atoms with E-state index in [0.717, 1.165) is 29.9 Å². The van der Waals surface area contributed by atoms with Crippen LogP contribution in [0.2, 0.25) is 0 Å². The van der Waals surface area contributed by atoms with Crippen LogP contribution in [0, 0.1) is 11.3 Å². The number of nitrogens with zero attached hydrogens (tertiary/aromatic N) is 4. The van der Waals surface area contributed by atoms with E-state index in [-0.39, 0.29) is 0 Å². The zero-order valence-electron chi connectivity index (χ0n) is 12.0. The number of anilines is 1. The van der Waals surface area contributed by atoms with Crippen molar-refractivity contribution in [3.63, 3.8) is 0 Å². The standard InChI is InChI=1S/C17H15N5/c18-10-15-6-7-16(12-20-15)19-9-8-14-11-21-22(13-14)17-4-2-1-3-5-17/h1-7,11-13,19H,8-9H2. The van der Waals surface area contributed by atoms with Gasteiger partial charge >= 0.3 is 0 Å². The zero-order chi connectivity index (χ0) is 15.2. The van der Waals surface area contributed by atoms with Crippen LogP contribution in [0.25, 0.3) is 5.69 Å². The summed E-state index contributed by atoms with van der Waals surface area (Å²) in [7, 11) is 0. The molecule has 5 heteroatoms. The molecule has 0 radical (unpaired) electrons. The Kier molecular flexibility index (Phi) is 4.12. The van der Waals surface area contributed by atoms with Gasteiger partial charge in [-0.3, -0.25) is 0 Å². The fourth-order valence-corrected chi connectivity index (χ4v) is 2.13. The number of pyridine rings is 1. The number of benzene rings is 1. The van der Waals surface area contributed by atoms with Gasteiger partial charge in [0.2, 0.25) is 0 Å². The summed E-state index contributed by atoms with van der Waals surface area (Å²) >= 11 is 0. The maximum Gasteiger partial charge on any atom is 0.140 e. The minimum atomic E-state index is 0.426. The number of rotatable bonds is 5. The fraction of sp³-hybridized carbons (Fsp3) is 0.118. The van der Waals surface area contributed by atoms with E-state index in [1.165, 1.54) is 0 Å². The van der Waals surface area contributed by atoms with E-state index in [0.29, 0.717) is 5.69 Å². The maximum absolute atomic E-state index is 8.71. The van der Waals surface area contributed by atoms with Gasteiger partial charge in [0.25, 0.3) is 0 Å². The van der Waals surface area contributed by atoms with Crippen LogP contribution in [-0.2, 0) is 6.42 Å². The van der Waals surface area contributed by atoms with Crippen LogP contribution < -0.4 is 5.32 Å². The number of nitrogens with one attached hydrogen (secondary N) is 1. The third-order valence-corrected chi connectivity index (χ3v) is 3.28. The van der Waals surface area contributed by atoms with E-state index < -0.39 is 0 Å². The first-order valence-electron chi connectivity index (χ1n) is 7.04. The van der Waals surface area contributed by atoms with Crippen LogP contribution in [0.1, 0.15) is 11.3 Å². The number of aromatic nitrogens is 3. The molecule has 2 aromatic heterocycles. The highest BCUT2D eigenvalue weighted by Crippen LogP contribution is 2.09. The Morgan fingerprint density at radius 2 is 1.95 bits per heavy atom. The van der Waals surface area contributed by atoms with Gasteiger partial charge < -0.3 is 5.32 Å². The summed E-state index contributed by atoms with van der Waals surface area (Å²) in [5.41, 5.74) is 3.56. The second-order valence-corrected chi connectivity index (χ2v) is 4.85. The molecule has 0 unspecified atom stereocenters. The van der Waals surface area contributed by atoms with Crippen LogP contribution in [-0.4, -0.2) is 21.3 Å². The van der Waals surface area contributed by atoms with Gasteiger partial charge in [0.05, 0.1) is 23.8 Å². The van der Waals surface area contributed by atoms with E-state index >= 15 is 0 Å². The lowest BCUT2D eigenvalue weighted by Gasteiger charge is -2.04. The third kappa shape index (κ3) is 3.30. The average Bonchev–Trinajstić information content (AvgIpc) is 3.05. The molecule has 108 valence electrons. The first-order chi connectivity index (χ1) is 10.8. The molecule has 1 N–H and O–H groups in total. The van der Waals surface area contributed by atoms with Gasteiger partial charge in [0.15, 0.2) is 0 Å².